The molecule has 13 heavy (non-hydrogen) atoms. The van der Waals surface area contributed by atoms with Gasteiger partial charge in [0.05, 0.1) is 0 Å². The first kappa shape index (κ1) is 8.80. The second-order valence-corrected chi connectivity index (χ2v) is 4.39. The van der Waals surface area contributed by atoms with Crippen LogP contribution in [0.3, 0.4) is 0 Å². The molecule has 0 spiro atoms. The van der Waals surface area contributed by atoms with Gasteiger partial charge in [0.2, 0.25) is 0 Å². The minimum absolute atomic E-state index is 0.729. The van der Waals surface area contributed by atoms with E-state index in [9.17, 15) is 0 Å². The lowest BCUT2D eigenvalue weighted by molar-refractivity contribution is 0.593. The molecular formula is C13H18. The van der Waals surface area contributed by atoms with E-state index in [1.165, 1.54) is 12.8 Å². The van der Waals surface area contributed by atoms with Gasteiger partial charge in [-0.05, 0) is 30.8 Å². The summed E-state index contributed by atoms with van der Waals surface area (Å²) in [6.07, 6.45) is 13.2. The first-order valence-electron chi connectivity index (χ1n) is 5.34. The fraction of sp³-hybridized carbons (Fsp3) is 0.538. The smallest absolute Gasteiger partial charge is 0.00180 e. The molecule has 1 unspecified atom stereocenters. The highest BCUT2D eigenvalue weighted by molar-refractivity contribution is 5.35. The predicted octanol–water partition coefficient (Wildman–Crippen LogP) is 3.87. The van der Waals surface area contributed by atoms with Crippen molar-refractivity contribution in [1.29, 1.82) is 0 Å². The summed E-state index contributed by atoms with van der Waals surface area (Å²) in [7, 11) is 0. The Hall–Kier alpha value is -0.780. The molecule has 0 heterocycles. The van der Waals surface area contributed by atoms with Crippen molar-refractivity contribution >= 4 is 0 Å². The third kappa shape index (κ3) is 1.77. The molecule has 0 aromatic carbocycles. The van der Waals surface area contributed by atoms with Gasteiger partial charge in [0.25, 0.3) is 0 Å². The zero-order valence-electron chi connectivity index (χ0n) is 8.59. The lowest BCUT2D eigenvalue weighted by atomic mass is 9.79. The number of hydrogen-bond donors (Lipinski definition) is 0. The third-order valence-corrected chi connectivity index (χ3v) is 3.12. The van der Waals surface area contributed by atoms with Gasteiger partial charge in [-0.1, -0.05) is 43.7 Å². The van der Waals surface area contributed by atoms with E-state index in [1.54, 1.807) is 11.1 Å². The average Bonchev–Trinajstić information content (AvgIpc) is 2.17. The Kier molecular flexibility index (Phi) is 2.39. The van der Waals surface area contributed by atoms with Crippen molar-refractivity contribution in [2.24, 2.45) is 11.8 Å². The van der Waals surface area contributed by atoms with Crippen LogP contribution >= 0.6 is 0 Å². The first-order chi connectivity index (χ1) is 6.27. The summed E-state index contributed by atoms with van der Waals surface area (Å²) in [5.74, 6) is 1.46. The Balaban J connectivity index is 2.21. The zero-order valence-corrected chi connectivity index (χ0v) is 8.59. The molecule has 0 bridgehead atoms. The lowest BCUT2D eigenvalue weighted by Crippen LogP contribution is -2.11. The number of fused-ring (bicyclic) bond motifs is 1. The monoisotopic (exact) mass is 174 g/mol. The molecule has 0 nitrogen and oxygen atoms in total. The fourth-order valence-electron chi connectivity index (χ4n) is 2.20. The molecule has 0 aromatic heterocycles. The fourth-order valence-corrected chi connectivity index (χ4v) is 2.20. The van der Waals surface area contributed by atoms with Crippen molar-refractivity contribution in [3.63, 3.8) is 0 Å². The Morgan fingerprint density at radius 1 is 1.38 bits per heavy atom. The Bertz CT molecular complexity index is 276. The van der Waals surface area contributed by atoms with Crippen LogP contribution in [0, 0.1) is 11.8 Å². The summed E-state index contributed by atoms with van der Waals surface area (Å²) in [4.78, 5) is 0. The predicted molar refractivity (Wildman–Crippen MR) is 57.5 cm³/mol. The standard InChI is InChI=1S/C13H18/c1-10(2)12-8-7-11-5-3-4-6-13(11)9-12/h3,5-6,9-11H,4,7-8H2,1-2H3. The second kappa shape index (κ2) is 3.53. The number of hydrogen-bond acceptors (Lipinski definition) is 0. The highest BCUT2D eigenvalue weighted by Gasteiger charge is 2.19. The second-order valence-electron chi connectivity index (χ2n) is 4.39. The Morgan fingerprint density at radius 3 is 3.00 bits per heavy atom. The maximum Gasteiger partial charge on any atom is 0.00180 e. The van der Waals surface area contributed by atoms with E-state index in [0.29, 0.717) is 0 Å². The molecule has 0 fully saturated rings. The first-order valence-corrected chi connectivity index (χ1v) is 5.34. The molecule has 0 saturated carbocycles. The number of rotatable bonds is 1. The summed E-state index contributed by atoms with van der Waals surface area (Å²) < 4.78 is 0. The minimum Gasteiger partial charge on any atom is -0.0841 e. The van der Waals surface area contributed by atoms with Gasteiger partial charge in [0.15, 0.2) is 0 Å². The highest BCUT2D eigenvalue weighted by atomic mass is 14.2. The molecule has 0 saturated heterocycles. The van der Waals surface area contributed by atoms with Crippen molar-refractivity contribution < 1.29 is 0 Å². The van der Waals surface area contributed by atoms with E-state index < -0.39 is 0 Å². The van der Waals surface area contributed by atoms with Crippen molar-refractivity contribution in [3.05, 3.63) is 35.5 Å². The van der Waals surface area contributed by atoms with Gasteiger partial charge in [-0.25, -0.2) is 0 Å². The molecule has 1 atom stereocenters. The van der Waals surface area contributed by atoms with Crippen molar-refractivity contribution in [2.45, 2.75) is 33.1 Å². The van der Waals surface area contributed by atoms with E-state index in [-0.39, 0.29) is 0 Å². The summed E-state index contributed by atoms with van der Waals surface area (Å²) in [6, 6.07) is 0. The van der Waals surface area contributed by atoms with Gasteiger partial charge < -0.3 is 0 Å². The van der Waals surface area contributed by atoms with Gasteiger partial charge in [-0.2, -0.15) is 0 Å². The van der Waals surface area contributed by atoms with E-state index in [1.807, 2.05) is 0 Å². The summed E-state index contributed by atoms with van der Waals surface area (Å²) in [5.41, 5.74) is 3.20. The Labute approximate surface area is 81.0 Å². The normalized spacial score (nSPS) is 26.8. The van der Waals surface area contributed by atoms with Crippen LogP contribution in [0.4, 0.5) is 0 Å². The molecule has 0 heteroatoms. The molecule has 2 aliphatic rings. The van der Waals surface area contributed by atoms with Crippen LogP contribution in [0.1, 0.15) is 33.1 Å². The van der Waals surface area contributed by atoms with Crippen LogP contribution in [-0.2, 0) is 0 Å². The summed E-state index contributed by atoms with van der Waals surface area (Å²) in [5, 5.41) is 0. The Morgan fingerprint density at radius 2 is 2.23 bits per heavy atom. The van der Waals surface area contributed by atoms with E-state index in [0.717, 1.165) is 18.3 Å². The maximum absolute atomic E-state index is 2.43. The van der Waals surface area contributed by atoms with E-state index in [4.69, 9.17) is 0 Å². The molecular weight excluding hydrogens is 156 g/mol. The van der Waals surface area contributed by atoms with Gasteiger partial charge in [0.1, 0.15) is 0 Å². The van der Waals surface area contributed by atoms with Crippen molar-refractivity contribution in [2.75, 3.05) is 0 Å². The van der Waals surface area contributed by atoms with E-state index >= 15 is 0 Å². The maximum atomic E-state index is 2.43. The van der Waals surface area contributed by atoms with Crippen molar-refractivity contribution in [3.8, 4) is 0 Å². The third-order valence-electron chi connectivity index (χ3n) is 3.12. The minimum atomic E-state index is 0.729. The molecule has 0 N–H and O–H groups in total. The molecule has 0 aromatic rings. The quantitative estimate of drug-likeness (QED) is 0.529. The van der Waals surface area contributed by atoms with Gasteiger partial charge in [-0.15, -0.1) is 0 Å². The highest BCUT2D eigenvalue weighted by Crippen LogP contribution is 2.34. The topological polar surface area (TPSA) is 0 Å². The molecule has 2 rings (SSSR count). The van der Waals surface area contributed by atoms with Gasteiger partial charge in [0, 0.05) is 5.92 Å². The van der Waals surface area contributed by atoms with E-state index in [2.05, 4.69) is 38.2 Å². The summed E-state index contributed by atoms with van der Waals surface area (Å²) in [6.45, 7) is 4.59. The largest absolute Gasteiger partial charge is 0.0841 e. The molecule has 0 amide bonds. The van der Waals surface area contributed by atoms with Crippen LogP contribution < -0.4 is 0 Å². The molecule has 2 aliphatic carbocycles. The summed E-state index contributed by atoms with van der Waals surface area (Å²) >= 11 is 0. The SMILES string of the molecule is CC(C)C1=CC2=CCC=CC2CC1. The molecule has 0 radical (unpaired) electrons. The van der Waals surface area contributed by atoms with Crippen LogP contribution in [0.2, 0.25) is 0 Å². The van der Waals surface area contributed by atoms with Crippen LogP contribution in [0.5, 0.6) is 0 Å². The van der Waals surface area contributed by atoms with Crippen LogP contribution in [0.15, 0.2) is 35.5 Å². The van der Waals surface area contributed by atoms with Crippen molar-refractivity contribution in [1.82, 2.24) is 0 Å². The van der Waals surface area contributed by atoms with Gasteiger partial charge >= 0.3 is 0 Å². The van der Waals surface area contributed by atoms with Crippen LogP contribution in [0.25, 0.3) is 0 Å². The zero-order chi connectivity index (χ0) is 9.26. The number of allylic oxidation sites excluding steroid dienone is 6. The van der Waals surface area contributed by atoms with Gasteiger partial charge in [-0.3, -0.25) is 0 Å². The van der Waals surface area contributed by atoms with Crippen LogP contribution in [-0.4, -0.2) is 0 Å². The average molecular weight is 174 g/mol. The molecule has 70 valence electrons. The lowest BCUT2D eigenvalue weighted by Gasteiger charge is -2.26. The molecule has 0 aliphatic heterocycles.